The van der Waals surface area contributed by atoms with Crippen LogP contribution in [0.1, 0.15) is 62.6 Å². The minimum Gasteiger partial charge on any atom is -0.342 e. The quantitative estimate of drug-likeness (QED) is 0.527. The van der Waals surface area contributed by atoms with Crippen molar-refractivity contribution in [3.8, 4) is 0 Å². The lowest BCUT2D eigenvalue weighted by molar-refractivity contribution is -0.161. The Morgan fingerprint density at radius 1 is 1.18 bits per heavy atom. The van der Waals surface area contributed by atoms with Crippen LogP contribution >= 0.6 is 11.3 Å². The highest BCUT2D eigenvalue weighted by molar-refractivity contribution is 7.12. The zero-order valence-electron chi connectivity index (χ0n) is 20.7. The summed E-state index contributed by atoms with van der Waals surface area (Å²) < 4.78 is 0. The molecule has 0 saturated carbocycles. The van der Waals surface area contributed by atoms with E-state index in [1.807, 2.05) is 28.4 Å². The van der Waals surface area contributed by atoms with Crippen molar-refractivity contribution in [3.05, 3.63) is 57.2 Å². The maximum Gasteiger partial charge on any atom is 0.246 e. The van der Waals surface area contributed by atoms with Crippen LogP contribution in [0.3, 0.4) is 0 Å². The molecule has 4 rings (SSSR count). The van der Waals surface area contributed by atoms with Crippen molar-refractivity contribution in [3.63, 3.8) is 0 Å². The summed E-state index contributed by atoms with van der Waals surface area (Å²) in [6.07, 6.45) is 11.0. The van der Waals surface area contributed by atoms with E-state index in [2.05, 4.69) is 60.7 Å². The molecule has 1 spiro atoms. The van der Waals surface area contributed by atoms with Gasteiger partial charge in [-0.25, -0.2) is 0 Å². The van der Waals surface area contributed by atoms with Gasteiger partial charge in [0.1, 0.15) is 11.6 Å². The number of thiophene rings is 1. The summed E-state index contributed by atoms with van der Waals surface area (Å²) in [6, 6.07) is 4.07. The van der Waals surface area contributed by atoms with Gasteiger partial charge < -0.3 is 10.2 Å². The molecule has 2 amide bonds. The van der Waals surface area contributed by atoms with E-state index in [0.29, 0.717) is 31.7 Å². The predicted octanol–water partition coefficient (Wildman–Crippen LogP) is 4.60. The third-order valence-corrected chi connectivity index (χ3v) is 8.20. The molecule has 182 valence electrons. The van der Waals surface area contributed by atoms with Crippen molar-refractivity contribution in [2.45, 2.75) is 77.4 Å². The Morgan fingerprint density at radius 2 is 1.94 bits per heavy atom. The van der Waals surface area contributed by atoms with Gasteiger partial charge in [-0.2, -0.15) is 0 Å². The fraction of sp³-hybridized carbons (Fsp3) is 0.571. The van der Waals surface area contributed by atoms with Crippen LogP contribution in [-0.2, 0) is 22.6 Å². The minimum absolute atomic E-state index is 0.0591. The third-order valence-electron chi connectivity index (χ3n) is 7.13. The Balaban J connectivity index is 1.39. The van der Waals surface area contributed by atoms with Gasteiger partial charge in [-0.3, -0.25) is 14.5 Å². The number of piperidine rings is 1. The molecule has 1 aliphatic carbocycles. The molecular weight excluding hydrogens is 442 g/mol. The van der Waals surface area contributed by atoms with Crippen LogP contribution in [0.2, 0.25) is 0 Å². The summed E-state index contributed by atoms with van der Waals surface area (Å²) in [5, 5.41) is 3.10. The van der Waals surface area contributed by atoms with Crippen molar-refractivity contribution in [1.82, 2.24) is 15.1 Å². The van der Waals surface area contributed by atoms with E-state index in [4.69, 9.17) is 0 Å². The summed E-state index contributed by atoms with van der Waals surface area (Å²) >= 11 is 1.86. The first-order valence-electron chi connectivity index (χ1n) is 12.7. The number of likely N-dealkylation sites (tertiary alicyclic amines) is 1. The summed E-state index contributed by atoms with van der Waals surface area (Å²) in [7, 11) is 0. The molecule has 2 aliphatic heterocycles. The van der Waals surface area contributed by atoms with Gasteiger partial charge in [-0.1, -0.05) is 38.7 Å². The molecule has 3 aliphatic rings. The van der Waals surface area contributed by atoms with E-state index < -0.39 is 5.54 Å². The van der Waals surface area contributed by atoms with Gasteiger partial charge in [0.2, 0.25) is 11.8 Å². The number of piperazine rings is 1. The van der Waals surface area contributed by atoms with Crippen LogP contribution in [0.5, 0.6) is 0 Å². The normalized spacial score (nSPS) is 22.1. The summed E-state index contributed by atoms with van der Waals surface area (Å²) in [5.41, 5.74) is 6.55. The van der Waals surface area contributed by atoms with Crippen molar-refractivity contribution >= 4 is 23.2 Å². The number of carbonyl (C=O) groups excluding carboxylic acids is 2. The molecule has 2 fully saturated rings. The van der Waals surface area contributed by atoms with Gasteiger partial charge in [0, 0.05) is 42.4 Å². The Labute approximate surface area is 207 Å². The first-order valence-corrected chi connectivity index (χ1v) is 13.5. The monoisotopic (exact) mass is 479 g/mol. The zero-order chi connectivity index (χ0) is 24.1. The fourth-order valence-electron chi connectivity index (χ4n) is 5.24. The van der Waals surface area contributed by atoms with E-state index in [0.717, 1.165) is 38.9 Å². The minimum atomic E-state index is -0.683. The summed E-state index contributed by atoms with van der Waals surface area (Å²) in [5.74, 6) is 0.546. The highest BCUT2D eigenvalue weighted by atomic mass is 32.1. The van der Waals surface area contributed by atoms with Gasteiger partial charge in [-0.15, -0.1) is 11.3 Å². The van der Waals surface area contributed by atoms with E-state index in [1.54, 1.807) is 0 Å². The van der Waals surface area contributed by atoms with Crippen LogP contribution < -0.4 is 5.32 Å². The zero-order valence-corrected chi connectivity index (χ0v) is 21.5. The van der Waals surface area contributed by atoms with Gasteiger partial charge in [0.15, 0.2) is 0 Å². The highest BCUT2D eigenvalue weighted by Crippen LogP contribution is 2.35. The molecule has 6 heteroatoms. The average Bonchev–Trinajstić information content (AvgIpc) is 3.26. The van der Waals surface area contributed by atoms with Crippen LogP contribution in [-0.4, -0.2) is 52.8 Å². The number of nitrogens with one attached hydrogen (secondary N) is 1. The molecule has 34 heavy (non-hydrogen) atoms. The Kier molecular flexibility index (Phi) is 7.95. The van der Waals surface area contributed by atoms with Gasteiger partial charge in [-0.05, 0) is 67.5 Å². The van der Waals surface area contributed by atoms with Crippen molar-refractivity contribution in [2.24, 2.45) is 5.92 Å². The molecule has 1 N–H and O–H groups in total. The molecule has 1 atom stereocenters. The predicted molar refractivity (Wildman–Crippen MR) is 138 cm³/mol. The number of hydrogen-bond donors (Lipinski definition) is 1. The maximum absolute atomic E-state index is 13.4. The number of unbranched alkanes of at least 4 members (excludes halogenated alkanes) is 1. The third kappa shape index (κ3) is 5.47. The van der Waals surface area contributed by atoms with Crippen LogP contribution in [0.4, 0.5) is 0 Å². The Bertz CT molecular complexity index is 1030. The van der Waals surface area contributed by atoms with Crippen LogP contribution in [0.15, 0.2) is 47.4 Å². The van der Waals surface area contributed by atoms with E-state index >= 15 is 0 Å². The molecule has 5 nitrogen and oxygen atoms in total. The lowest BCUT2D eigenvalue weighted by atomic mass is 9.80. The molecule has 1 aromatic heterocycles. The molecule has 3 heterocycles. The van der Waals surface area contributed by atoms with E-state index in [-0.39, 0.29) is 17.9 Å². The highest BCUT2D eigenvalue weighted by Gasteiger charge is 2.53. The van der Waals surface area contributed by atoms with Crippen LogP contribution in [0, 0.1) is 5.92 Å². The van der Waals surface area contributed by atoms with Crippen LogP contribution in [0.25, 0.3) is 0 Å². The number of rotatable bonds is 9. The van der Waals surface area contributed by atoms with Crippen molar-refractivity contribution in [2.75, 3.05) is 19.6 Å². The lowest BCUT2D eigenvalue weighted by Crippen LogP contribution is -2.73. The topological polar surface area (TPSA) is 52.7 Å². The fourth-order valence-corrected chi connectivity index (χ4v) is 6.33. The number of carbonyl (C=O) groups is 2. The molecule has 0 aromatic carbocycles. The number of hydrogen-bond acceptors (Lipinski definition) is 4. The van der Waals surface area contributed by atoms with Crippen molar-refractivity contribution in [1.29, 1.82) is 0 Å². The standard InChI is InChI=1S/C28H37N3O2S/c1-4-5-15-31-26(32)25(18-21(2)3)29-27(33)28(31)13-16-30(17-14-28)20-24-12-11-23(34-24)19-22-9-7-6-8-10-22/h7,9-12,21,25H,4-5,13-20H2,1-3H3,(H,29,33). The smallest absolute Gasteiger partial charge is 0.246 e. The number of nitrogens with zero attached hydrogens (tertiary/aromatic N) is 2. The second-order valence-electron chi connectivity index (χ2n) is 10.2. The first kappa shape index (κ1) is 24.8. The Morgan fingerprint density at radius 3 is 2.62 bits per heavy atom. The molecular formula is C28H37N3O2S. The molecule has 1 unspecified atom stereocenters. The SMILES string of the molecule is CCCCN1C(=O)C(CC(C)C)NC(=O)C12CCN(Cc1ccc(CC3=CC=C=C=C3)s1)CC2. The van der Waals surface area contributed by atoms with Gasteiger partial charge in [0.25, 0.3) is 0 Å². The number of amides is 2. The summed E-state index contributed by atoms with van der Waals surface area (Å²) in [4.78, 5) is 33.9. The number of allylic oxidation sites excluding steroid dienone is 4. The molecule has 1 aromatic rings. The van der Waals surface area contributed by atoms with Gasteiger partial charge >= 0.3 is 0 Å². The second-order valence-corrected chi connectivity index (χ2v) is 11.4. The largest absolute Gasteiger partial charge is 0.342 e. The summed E-state index contributed by atoms with van der Waals surface area (Å²) in [6.45, 7) is 9.58. The maximum atomic E-state index is 13.4. The first-order chi connectivity index (χ1) is 16.4. The van der Waals surface area contributed by atoms with Gasteiger partial charge in [0.05, 0.1) is 0 Å². The second kappa shape index (κ2) is 10.9. The van der Waals surface area contributed by atoms with E-state index in [1.165, 1.54) is 15.3 Å². The Hall–Kier alpha value is -2.36. The lowest BCUT2D eigenvalue weighted by Gasteiger charge is -2.52. The molecule has 2 saturated heterocycles. The average molecular weight is 480 g/mol. The molecule has 0 bridgehead atoms. The van der Waals surface area contributed by atoms with Crippen molar-refractivity contribution < 1.29 is 9.59 Å². The molecule has 0 radical (unpaired) electrons. The van der Waals surface area contributed by atoms with E-state index in [9.17, 15) is 9.59 Å².